The van der Waals surface area contributed by atoms with E-state index in [0.717, 1.165) is 31.7 Å². The number of hydrogen-bond donors (Lipinski definition) is 1. The number of rotatable bonds is 6. The average Bonchev–Trinajstić information content (AvgIpc) is 2.55. The third kappa shape index (κ3) is 5.32. The molecule has 2 aromatic carbocycles. The van der Waals surface area contributed by atoms with E-state index < -0.39 is 10.0 Å². The van der Waals surface area contributed by atoms with Crippen molar-refractivity contribution in [3.05, 3.63) is 63.6 Å². The molecular weight excluding hydrogens is 416 g/mol. The Hall–Kier alpha value is -1.86. The van der Waals surface area contributed by atoms with E-state index >= 15 is 0 Å². The minimum absolute atomic E-state index is 0.214. The van der Waals surface area contributed by atoms with Crippen molar-refractivity contribution < 1.29 is 13.2 Å². The van der Waals surface area contributed by atoms with Crippen molar-refractivity contribution in [3.8, 4) is 0 Å². The summed E-state index contributed by atoms with van der Waals surface area (Å²) in [5, 5.41) is 2.89. The Morgan fingerprint density at radius 3 is 2.35 bits per heavy atom. The summed E-state index contributed by atoms with van der Waals surface area (Å²) < 4.78 is 26.2. The van der Waals surface area contributed by atoms with Crippen molar-refractivity contribution in [1.82, 2.24) is 5.32 Å². The lowest BCUT2D eigenvalue weighted by Gasteiger charge is -2.24. The first-order valence-corrected chi connectivity index (χ1v) is 10.8. The number of nitrogens with zero attached hydrogens (tertiary/aromatic N) is 1. The minimum Gasteiger partial charge on any atom is -0.348 e. The van der Waals surface area contributed by atoms with Gasteiger partial charge in [-0.1, -0.05) is 39.7 Å². The van der Waals surface area contributed by atoms with E-state index in [1.165, 1.54) is 0 Å². The Bertz CT molecular complexity index is 896. The van der Waals surface area contributed by atoms with Crippen LogP contribution in [-0.2, 0) is 14.8 Å². The van der Waals surface area contributed by atoms with E-state index in [2.05, 4.69) is 21.2 Å². The number of benzene rings is 2. The lowest BCUT2D eigenvalue weighted by atomic mass is 10.00. The summed E-state index contributed by atoms with van der Waals surface area (Å²) in [5.41, 5.74) is 3.66. The average molecular weight is 439 g/mol. The second kappa shape index (κ2) is 8.22. The summed E-state index contributed by atoms with van der Waals surface area (Å²) in [6, 6.07) is 12.6. The topological polar surface area (TPSA) is 66.5 Å². The third-order valence-electron chi connectivity index (χ3n) is 4.08. The van der Waals surface area contributed by atoms with Crippen LogP contribution < -0.4 is 9.62 Å². The number of halogens is 1. The number of sulfonamides is 1. The van der Waals surface area contributed by atoms with Crippen molar-refractivity contribution >= 4 is 37.5 Å². The monoisotopic (exact) mass is 438 g/mol. The van der Waals surface area contributed by atoms with Crippen LogP contribution in [0, 0.1) is 13.8 Å². The van der Waals surface area contributed by atoms with Gasteiger partial charge in [-0.15, -0.1) is 0 Å². The van der Waals surface area contributed by atoms with Crippen LogP contribution in [0.4, 0.5) is 5.69 Å². The molecule has 7 heteroatoms. The summed E-state index contributed by atoms with van der Waals surface area (Å²) in [6.07, 6.45) is 1.09. The second-order valence-electron chi connectivity index (χ2n) is 6.40. The molecule has 0 radical (unpaired) electrons. The molecule has 1 N–H and O–H groups in total. The second-order valence-corrected chi connectivity index (χ2v) is 9.22. The highest BCUT2D eigenvalue weighted by Gasteiger charge is 2.22. The van der Waals surface area contributed by atoms with E-state index in [1.807, 2.05) is 39.0 Å². The van der Waals surface area contributed by atoms with E-state index in [-0.39, 0.29) is 18.5 Å². The van der Waals surface area contributed by atoms with Gasteiger partial charge in [0, 0.05) is 4.47 Å². The van der Waals surface area contributed by atoms with Gasteiger partial charge in [-0.05, 0) is 56.2 Å². The summed E-state index contributed by atoms with van der Waals surface area (Å²) in [4.78, 5) is 12.5. The van der Waals surface area contributed by atoms with Crippen LogP contribution in [0.25, 0.3) is 0 Å². The molecule has 0 aliphatic rings. The van der Waals surface area contributed by atoms with Crippen LogP contribution in [0.5, 0.6) is 0 Å². The predicted molar refractivity (Wildman–Crippen MR) is 109 cm³/mol. The molecule has 0 saturated heterocycles. The molecule has 1 atom stereocenters. The summed E-state index contributed by atoms with van der Waals surface area (Å²) in [7, 11) is -3.58. The number of hydrogen-bond acceptors (Lipinski definition) is 3. The van der Waals surface area contributed by atoms with Gasteiger partial charge >= 0.3 is 0 Å². The van der Waals surface area contributed by atoms with Crippen molar-refractivity contribution in [1.29, 1.82) is 0 Å². The van der Waals surface area contributed by atoms with Crippen molar-refractivity contribution in [2.24, 2.45) is 0 Å². The molecule has 0 bridgehead atoms. The number of carbonyl (C=O) groups is 1. The Kier molecular flexibility index (Phi) is 6.47. The predicted octanol–water partition coefficient (Wildman–Crippen LogP) is 3.71. The largest absolute Gasteiger partial charge is 0.348 e. The molecule has 0 aromatic heterocycles. The first-order valence-electron chi connectivity index (χ1n) is 8.17. The minimum atomic E-state index is -3.58. The maximum absolute atomic E-state index is 12.5. The van der Waals surface area contributed by atoms with Gasteiger partial charge in [-0.25, -0.2) is 8.42 Å². The van der Waals surface area contributed by atoms with Gasteiger partial charge < -0.3 is 5.32 Å². The molecule has 0 aliphatic carbocycles. The van der Waals surface area contributed by atoms with Crippen molar-refractivity contribution in [2.75, 3.05) is 17.1 Å². The van der Waals surface area contributed by atoms with Crippen LogP contribution in [0.2, 0.25) is 0 Å². The van der Waals surface area contributed by atoms with Crippen molar-refractivity contribution in [3.63, 3.8) is 0 Å². The fraction of sp³-hybridized carbons (Fsp3) is 0.316. The number of carbonyl (C=O) groups excluding carboxylic acids is 1. The van der Waals surface area contributed by atoms with Crippen LogP contribution >= 0.6 is 15.9 Å². The van der Waals surface area contributed by atoms with Crippen molar-refractivity contribution in [2.45, 2.75) is 26.8 Å². The van der Waals surface area contributed by atoms with E-state index in [0.29, 0.717) is 5.69 Å². The van der Waals surface area contributed by atoms with Crippen LogP contribution in [0.1, 0.15) is 29.7 Å². The summed E-state index contributed by atoms with van der Waals surface area (Å²) >= 11 is 3.32. The molecule has 2 aromatic rings. The molecule has 0 spiro atoms. The molecule has 0 fully saturated rings. The highest BCUT2D eigenvalue weighted by molar-refractivity contribution is 9.10. The summed E-state index contributed by atoms with van der Waals surface area (Å²) in [6.45, 7) is 5.61. The van der Waals surface area contributed by atoms with Gasteiger partial charge in [-0.3, -0.25) is 9.10 Å². The van der Waals surface area contributed by atoms with Crippen LogP contribution in [0.3, 0.4) is 0 Å². The lowest BCUT2D eigenvalue weighted by molar-refractivity contribution is -0.120. The van der Waals surface area contributed by atoms with Crippen LogP contribution in [0.15, 0.2) is 46.9 Å². The fourth-order valence-electron chi connectivity index (χ4n) is 2.73. The zero-order valence-corrected chi connectivity index (χ0v) is 17.7. The van der Waals surface area contributed by atoms with Gasteiger partial charge in [0.15, 0.2) is 0 Å². The quantitative estimate of drug-likeness (QED) is 0.747. The zero-order valence-electron chi connectivity index (χ0n) is 15.3. The summed E-state index contributed by atoms with van der Waals surface area (Å²) in [5.74, 6) is -0.355. The molecule has 2 rings (SSSR count). The third-order valence-corrected chi connectivity index (χ3v) is 5.75. The Morgan fingerprint density at radius 2 is 1.77 bits per heavy atom. The van der Waals surface area contributed by atoms with Gasteiger partial charge in [0.1, 0.15) is 6.54 Å². The Morgan fingerprint density at radius 1 is 1.15 bits per heavy atom. The first-order chi connectivity index (χ1) is 12.1. The molecule has 1 amide bonds. The molecule has 0 saturated carbocycles. The Labute approximate surface area is 163 Å². The fourth-order valence-corrected chi connectivity index (χ4v) is 3.85. The van der Waals surface area contributed by atoms with E-state index in [1.54, 1.807) is 24.3 Å². The van der Waals surface area contributed by atoms with E-state index in [9.17, 15) is 13.2 Å². The molecule has 0 heterocycles. The maximum Gasteiger partial charge on any atom is 0.241 e. The molecule has 140 valence electrons. The molecule has 0 unspecified atom stereocenters. The first kappa shape index (κ1) is 20.5. The van der Waals surface area contributed by atoms with Gasteiger partial charge in [0.2, 0.25) is 15.9 Å². The highest BCUT2D eigenvalue weighted by Crippen LogP contribution is 2.22. The maximum atomic E-state index is 12.5. The molecular formula is C19H23BrN2O3S. The molecule has 5 nitrogen and oxygen atoms in total. The molecule has 0 aliphatic heterocycles. The van der Waals surface area contributed by atoms with Gasteiger partial charge in [-0.2, -0.15) is 0 Å². The Balaban J connectivity index is 2.17. The molecule has 26 heavy (non-hydrogen) atoms. The van der Waals surface area contributed by atoms with E-state index in [4.69, 9.17) is 0 Å². The van der Waals surface area contributed by atoms with Gasteiger partial charge in [0.25, 0.3) is 0 Å². The highest BCUT2D eigenvalue weighted by atomic mass is 79.9. The number of amides is 1. The normalized spacial score (nSPS) is 12.5. The van der Waals surface area contributed by atoms with Crippen LogP contribution in [-0.4, -0.2) is 27.1 Å². The number of nitrogens with one attached hydrogen (secondary N) is 1. The zero-order chi connectivity index (χ0) is 19.5. The number of aryl methyl sites for hydroxylation is 2. The van der Waals surface area contributed by atoms with Gasteiger partial charge in [0.05, 0.1) is 18.0 Å². The smallest absolute Gasteiger partial charge is 0.241 e. The standard InChI is InChI=1S/C19H23BrN2O3S/c1-13-5-6-14(2)18(11-13)15(3)21-19(23)12-22(26(4,24)25)17-9-7-16(20)8-10-17/h5-11,15H,12H2,1-4H3,(H,21,23)/t15-/m1/s1. The SMILES string of the molecule is Cc1ccc(C)c([C@@H](C)NC(=O)CN(c2ccc(Br)cc2)S(C)(=O)=O)c1. The number of anilines is 1. The lowest BCUT2D eigenvalue weighted by Crippen LogP contribution is -2.41.